The van der Waals surface area contributed by atoms with E-state index in [1.54, 1.807) is 12.1 Å². The van der Waals surface area contributed by atoms with Crippen LogP contribution in [0, 0.1) is 0 Å². The first-order valence-electron chi connectivity index (χ1n) is 5.73. The van der Waals surface area contributed by atoms with Gasteiger partial charge in [-0.15, -0.1) is 0 Å². The molecular weight excluding hydrogens is 266 g/mol. The lowest BCUT2D eigenvalue weighted by molar-refractivity contribution is 0.1000. The number of hydrogen-bond donors (Lipinski definition) is 5. The van der Waals surface area contributed by atoms with Gasteiger partial charge in [0.05, 0.1) is 6.04 Å². The number of nitrogens with one attached hydrogen (secondary N) is 2. The molecule has 3 amide bonds. The second-order valence-corrected chi connectivity index (χ2v) is 4.10. The topological polar surface area (TPSA) is 142 Å². The predicted molar refractivity (Wildman–Crippen MR) is 69.6 cm³/mol. The van der Waals surface area contributed by atoms with Crippen LogP contribution in [0.15, 0.2) is 24.3 Å². The third-order valence-electron chi connectivity index (χ3n) is 2.55. The van der Waals surface area contributed by atoms with Crippen molar-refractivity contribution >= 4 is 18.1 Å². The molecule has 1 aromatic carbocycles. The molecule has 0 unspecified atom stereocenters. The quantitative estimate of drug-likeness (QED) is 0.507. The zero-order chi connectivity index (χ0) is 15.1. The summed E-state index contributed by atoms with van der Waals surface area (Å²) >= 11 is 0. The van der Waals surface area contributed by atoms with Gasteiger partial charge < -0.3 is 26.6 Å². The Labute approximate surface area is 114 Å². The fraction of sp³-hybridized carbons (Fsp3) is 0.250. The number of carbonyl (C=O) groups excluding carboxylic acids is 1. The average molecular weight is 281 g/mol. The highest BCUT2D eigenvalue weighted by Gasteiger charge is 2.13. The standard InChI is InChI=1S/C12H15N3O5/c13-10(16)8-3-1-7(2-4-8)5-9(15-12(19)20)6-14-11(17)18/h1-4,9,14-15H,5-6H2,(H2,13,16)(H,17,18)(H,19,20)/t9-/m0/s1. The van der Waals surface area contributed by atoms with Gasteiger partial charge in [-0.05, 0) is 24.1 Å². The van der Waals surface area contributed by atoms with Crippen LogP contribution in [0.5, 0.6) is 0 Å². The Hall–Kier alpha value is -2.77. The molecule has 0 saturated carbocycles. The highest BCUT2D eigenvalue weighted by atomic mass is 16.4. The number of carbonyl (C=O) groups is 3. The van der Waals surface area contributed by atoms with Crippen molar-refractivity contribution in [2.45, 2.75) is 12.5 Å². The summed E-state index contributed by atoms with van der Waals surface area (Å²) in [5.74, 6) is -0.552. The first kappa shape index (κ1) is 15.3. The zero-order valence-corrected chi connectivity index (χ0v) is 10.5. The molecule has 0 heterocycles. The molecule has 0 radical (unpaired) electrons. The minimum atomic E-state index is -1.24. The summed E-state index contributed by atoms with van der Waals surface area (Å²) in [4.78, 5) is 32.0. The van der Waals surface area contributed by atoms with Crippen molar-refractivity contribution < 1.29 is 24.6 Å². The lowest BCUT2D eigenvalue weighted by Gasteiger charge is -2.16. The molecule has 108 valence electrons. The Bertz CT molecular complexity index is 500. The van der Waals surface area contributed by atoms with Crippen LogP contribution in [-0.2, 0) is 6.42 Å². The number of carboxylic acid groups (broad SMARTS) is 2. The van der Waals surface area contributed by atoms with Crippen LogP contribution < -0.4 is 16.4 Å². The molecule has 1 atom stereocenters. The molecule has 6 N–H and O–H groups in total. The molecule has 0 bridgehead atoms. The third-order valence-corrected chi connectivity index (χ3v) is 2.55. The summed E-state index contributed by atoms with van der Waals surface area (Å²) in [6, 6.07) is 5.72. The Morgan fingerprint density at radius 2 is 1.70 bits per heavy atom. The summed E-state index contributed by atoms with van der Waals surface area (Å²) in [6.07, 6.45) is -2.19. The first-order chi connectivity index (χ1) is 9.38. The summed E-state index contributed by atoms with van der Waals surface area (Å²) in [5.41, 5.74) is 6.21. The number of benzene rings is 1. The molecule has 0 spiro atoms. The van der Waals surface area contributed by atoms with Gasteiger partial charge in [-0.3, -0.25) is 4.79 Å². The minimum absolute atomic E-state index is 0.0563. The van der Waals surface area contributed by atoms with Crippen molar-refractivity contribution in [1.82, 2.24) is 10.6 Å². The van der Waals surface area contributed by atoms with E-state index in [4.69, 9.17) is 15.9 Å². The van der Waals surface area contributed by atoms with Gasteiger partial charge in [0, 0.05) is 12.1 Å². The Balaban J connectivity index is 2.69. The molecular formula is C12H15N3O5. The average Bonchev–Trinajstić information content (AvgIpc) is 2.36. The van der Waals surface area contributed by atoms with Crippen LogP contribution in [0.2, 0.25) is 0 Å². The molecule has 0 aliphatic heterocycles. The van der Waals surface area contributed by atoms with E-state index in [1.807, 2.05) is 0 Å². The van der Waals surface area contributed by atoms with E-state index in [0.29, 0.717) is 5.56 Å². The molecule has 0 fully saturated rings. The fourth-order valence-electron chi connectivity index (χ4n) is 1.65. The maximum Gasteiger partial charge on any atom is 0.404 e. The highest BCUT2D eigenvalue weighted by molar-refractivity contribution is 5.92. The summed E-state index contributed by atoms with van der Waals surface area (Å²) < 4.78 is 0. The second kappa shape index (κ2) is 6.98. The van der Waals surface area contributed by atoms with E-state index in [1.165, 1.54) is 12.1 Å². The zero-order valence-electron chi connectivity index (χ0n) is 10.5. The van der Waals surface area contributed by atoms with Gasteiger partial charge in [0.25, 0.3) is 0 Å². The van der Waals surface area contributed by atoms with Crippen LogP contribution in [0.25, 0.3) is 0 Å². The molecule has 0 saturated heterocycles. The number of amides is 3. The Morgan fingerprint density at radius 1 is 1.10 bits per heavy atom. The summed E-state index contributed by atoms with van der Waals surface area (Å²) in [6.45, 7) is -0.0563. The van der Waals surface area contributed by atoms with Gasteiger partial charge in [0.2, 0.25) is 5.91 Å². The van der Waals surface area contributed by atoms with Crippen molar-refractivity contribution in [2.24, 2.45) is 5.73 Å². The molecule has 20 heavy (non-hydrogen) atoms. The summed E-state index contributed by atoms with van der Waals surface area (Å²) in [7, 11) is 0. The Morgan fingerprint density at radius 3 is 2.15 bits per heavy atom. The van der Waals surface area contributed by atoms with Crippen LogP contribution in [0.1, 0.15) is 15.9 Å². The maximum atomic E-state index is 10.9. The van der Waals surface area contributed by atoms with Gasteiger partial charge in [-0.2, -0.15) is 0 Å². The predicted octanol–water partition coefficient (Wildman–Crippen LogP) is 0.232. The normalized spacial score (nSPS) is 11.4. The molecule has 1 rings (SSSR count). The molecule has 0 aromatic heterocycles. The van der Waals surface area contributed by atoms with E-state index in [9.17, 15) is 14.4 Å². The largest absolute Gasteiger partial charge is 0.465 e. The number of hydrogen-bond acceptors (Lipinski definition) is 3. The van der Waals surface area contributed by atoms with Crippen molar-refractivity contribution in [3.05, 3.63) is 35.4 Å². The maximum absolute atomic E-state index is 10.9. The van der Waals surface area contributed by atoms with Gasteiger partial charge in [-0.25, -0.2) is 9.59 Å². The number of nitrogens with two attached hydrogens (primary N) is 1. The monoisotopic (exact) mass is 281 g/mol. The van der Waals surface area contributed by atoms with Crippen molar-refractivity contribution in [1.29, 1.82) is 0 Å². The number of rotatable bonds is 6. The van der Waals surface area contributed by atoms with E-state index < -0.39 is 24.1 Å². The van der Waals surface area contributed by atoms with Crippen molar-refractivity contribution in [2.75, 3.05) is 6.54 Å². The van der Waals surface area contributed by atoms with E-state index in [0.717, 1.165) is 5.56 Å². The molecule has 8 heteroatoms. The second-order valence-electron chi connectivity index (χ2n) is 4.10. The smallest absolute Gasteiger partial charge is 0.404 e. The lowest BCUT2D eigenvalue weighted by Crippen LogP contribution is -2.44. The van der Waals surface area contributed by atoms with E-state index >= 15 is 0 Å². The van der Waals surface area contributed by atoms with Crippen molar-refractivity contribution in [3.63, 3.8) is 0 Å². The first-order valence-corrected chi connectivity index (χ1v) is 5.73. The van der Waals surface area contributed by atoms with Gasteiger partial charge in [0.15, 0.2) is 0 Å². The minimum Gasteiger partial charge on any atom is -0.465 e. The van der Waals surface area contributed by atoms with Gasteiger partial charge in [0.1, 0.15) is 0 Å². The van der Waals surface area contributed by atoms with Crippen LogP contribution in [0.4, 0.5) is 9.59 Å². The molecule has 8 nitrogen and oxygen atoms in total. The van der Waals surface area contributed by atoms with E-state index in [-0.39, 0.29) is 13.0 Å². The van der Waals surface area contributed by atoms with E-state index in [2.05, 4.69) is 10.6 Å². The lowest BCUT2D eigenvalue weighted by atomic mass is 10.0. The van der Waals surface area contributed by atoms with Crippen LogP contribution >= 0.6 is 0 Å². The highest BCUT2D eigenvalue weighted by Crippen LogP contribution is 2.06. The van der Waals surface area contributed by atoms with Crippen LogP contribution in [-0.4, -0.2) is 40.9 Å². The van der Waals surface area contributed by atoms with Crippen molar-refractivity contribution in [3.8, 4) is 0 Å². The Kier molecular flexibility index (Phi) is 5.33. The van der Waals surface area contributed by atoms with Gasteiger partial charge in [-0.1, -0.05) is 12.1 Å². The number of primary amides is 1. The fourth-order valence-corrected chi connectivity index (χ4v) is 1.65. The third kappa shape index (κ3) is 5.25. The molecule has 0 aliphatic rings. The molecule has 1 aromatic rings. The molecule has 0 aliphatic carbocycles. The van der Waals surface area contributed by atoms with Crippen LogP contribution in [0.3, 0.4) is 0 Å². The SMILES string of the molecule is NC(=O)c1ccc(C[C@@H](CNC(=O)O)NC(=O)O)cc1. The summed E-state index contributed by atoms with van der Waals surface area (Å²) in [5, 5.41) is 21.6. The van der Waals surface area contributed by atoms with Gasteiger partial charge >= 0.3 is 12.2 Å².